The summed E-state index contributed by atoms with van der Waals surface area (Å²) in [5.41, 5.74) is 2.93. The third kappa shape index (κ3) is 4.53. The lowest BCUT2D eigenvalue weighted by Crippen LogP contribution is -2.33. The van der Waals surface area contributed by atoms with E-state index in [2.05, 4.69) is 15.5 Å². The Kier molecular flexibility index (Phi) is 6.09. The maximum atomic E-state index is 10.1. The molecule has 0 aliphatic heterocycles. The minimum Gasteiger partial charge on any atom is -0.492 e. The highest BCUT2D eigenvalue weighted by atomic mass is 16.5. The Morgan fingerprint density at radius 1 is 1.08 bits per heavy atom. The third-order valence-corrected chi connectivity index (χ3v) is 4.16. The SMILES string of the molecule is Cc1ccccc1OCCNC[C@H](O)COc1cccc2n[nH]c(C)c12. The fraction of sp³-hybridized carbons (Fsp3) is 0.350. The van der Waals surface area contributed by atoms with Crippen LogP contribution in [0.5, 0.6) is 11.5 Å². The maximum Gasteiger partial charge on any atom is 0.130 e. The van der Waals surface area contributed by atoms with Gasteiger partial charge in [0.15, 0.2) is 0 Å². The normalized spacial score (nSPS) is 12.3. The monoisotopic (exact) mass is 355 g/mol. The second-order valence-electron chi connectivity index (χ2n) is 6.28. The molecular formula is C20H25N3O3. The van der Waals surface area contributed by atoms with E-state index in [-0.39, 0.29) is 6.61 Å². The molecule has 0 aliphatic rings. The lowest BCUT2D eigenvalue weighted by Gasteiger charge is -2.14. The molecule has 3 aromatic rings. The predicted octanol–water partition coefficient (Wildman–Crippen LogP) is 2.59. The highest BCUT2D eigenvalue weighted by Gasteiger charge is 2.10. The molecule has 138 valence electrons. The summed E-state index contributed by atoms with van der Waals surface area (Å²) in [4.78, 5) is 0. The van der Waals surface area contributed by atoms with Crippen LogP contribution in [0.4, 0.5) is 0 Å². The van der Waals surface area contributed by atoms with Gasteiger partial charge in [0.05, 0.1) is 10.9 Å². The highest BCUT2D eigenvalue weighted by molar-refractivity contribution is 5.87. The van der Waals surface area contributed by atoms with Gasteiger partial charge in [0.25, 0.3) is 0 Å². The number of aliphatic hydroxyl groups excluding tert-OH is 1. The van der Waals surface area contributed by atoms with Gasteiger partial charge >= 0.3 is 0 Å². The van der Waals surface area contributed by atoms with E-state index in [1.54, 1.807) is 0 Å². The van der Waals surface area contributed by atoms with Crippen LogP contribution in [0.3, 0.4) is 0 Å². The third-order valence-electron chi connectivity index (χ3n) is 4.16. The molecule has 0 amide bonds. The van der Waals surface area contributed by atoms with E-state index >= 15 is 0 Å². The number of para-hydroxylation sites is 1. The summed E-state index contributed by atoms with van der Waals surface area (Å²) in [6.45, 7) is 5.83. The van der Waals surface area contributed by atoms with E-state index < -0.39 is 6.10 Å². The topological polar surface area (TPSA) is 79.4 Å². The number of benzene rings is 2. The van der Waals surface area contributed by atoms with E-state index in [0.29, 0.717) is 19.7 Å². The molecular weight excluding hydrogens is 330 g/mol. The van der Waals surface area contributed by atoms with Crippen LogP contribution >= 0.6 is 0 Å². The zero-order valence-corrected chi connectivity index (χ0v) is 15.2. The van der Waals surface area contributed by atoms with Gasteiger partial charge < -0.3 is 19.9 Å². The van der Waals surface area contributed by atoms with Crippen molar-refractivity contribution in [2.24, 2.45) is 0 Å². The van der Waals surface area contributed by atoms with Crippen molar-refractivity contribution in [1.82, 2.24) is 15.5 Å². The summed E-state index contributed by atoms with van der Waals surface area (Å²) in [5, 5.41) is 21.4. The first-order valence-electron chi connectivity index (χ1n) is 8.79. The lowest BCUT2D eigenvalue weighted by molar-refractivity contribution is 0.106. The Morgan fingerprint density at radius 2 is 1.88 bits per heavy atom. The summed E-state index contributed by atoms with van der Waals surface area (Å²) in [7, 11) is 0. The van der Waals surface area contributed by atoms with E-state index in [1.807, 2.05) is 56.3 Å². The summed E-state index contributed by atoms with van der Waals surface area (Å²) in [6.07, 6.45) is -0.601. The molecule has 0 fully saturated rings. The number of hydrogen-bond donors (Lipinski definition) is 3. The molecule has 3 rings (SSSR count). The number of H-pyrrole nitrogens is 1. The minimum absolute atomic E-state index is 0.218. The first-order chi connectivity index (χ1) is 12.6. The van der Waals surface area contributed by atoms with Crippen LogP contribution in [0, 0.1) is 13.8 Å². The first-order valence-corrected chi connectivity index (χ1v) is 8.79. The van der Waals surface area contributed by atoms with E-state index in [0.717, 1.165) is 33.7 Å². The second kappa shape index (κ2) is 8.69. The van der Waals surface area contributed by atoms with Crippen molar-refractivity contribution in [3.8, 4) is 11.5 Å². The Hall–Kier alpha value is -2.57. The van der Waals surface area contributed by atoms with Crippen LogP contribution in [0.25, 0.3) is 10.9 Å². The number of aromatic nitrogens is 2. The standard InChI is InChI=1S/C20H25N3O3/c1-14-6-3-4-8-18(14)25-11-10-21-12-16(24)13-26-19-9-5-7-17-20(19)15(2)22-23-17/h3-9,16,21,24H,10-13H2,1-2H3,(H,22,23)/t16-/m0/s1. The van der Waals surface area contributed by atoms with Crippen molar-refractivity contribution < 1.29 is 14.6 Å². The van der Waals surface area contributed by atoms with Crippen LogP contribution in [0.15, 0.2) is 42.5 Å². The Morgan fingerprint density at radius 3 is 2.73 bits per heavy atom. The molecule has 0 aliphatic carbocycles. The molecule has 1 aromatic heterocycles. The van der Waals surface area contributed by atoms with E-state index in [4.69, 9.17) is 9.47 Å². The Balaban J connectivity index is 1.38. The van der Waals surface area contributed by atoms with Crippen LogP contribution < -0.4 is 14.8 Å². The van der Waals surface area contributed by atoms with Crippen molar-refractivity contribution in [3.05, 3.63) is 53.7 Å². The predicted molar refractivity (Wildman–Crippen MR) is 102 cm³/mol. The van der Waals surface area contributed by atoms with Crippen molar-refractivity contribution in [1.29, 1.82) is 0 Å². The Labute approximate surface area is 153 Å². The lowest BCUT2D eigenvalue weighted by atomic mass is 10.2. The molecule has 0 spiro atoms. The molecule has 0 unspecified atom stereocenters. The highest BCUT2D eigenvalue weighted by Crippen LogP contribution is 2.26. The molecule has 26 heavy (non-hydrogen) atoms. The molecule has 6 nitrogen and oxygen atoms in total. The summed E-state index contributed by atoms with van der Waals surface area (Å²) < 4.78 is 11.5. The molecule has 1 atom stereocenters. The molecule has 3 N–H and O–H groups in total. The van der Waals surface area contributed by atoms with Crippen LogP contribution in [0.2, 0.25) is 0 Å². The van der Waals surface area contributed by atoms with Crippen LogP contribution in [0.1, 0.15) is 11.3 Å². The molecule has 0 saturated heterocycles. The van der Waals surface area contributed by atoms with Gasteiger partial charge in [-0.2, -0.15) is 5.10 Å². The molecule has 1 heterocycles. The molecule has 2 aromatic carbocycles. The quantitative estimate of drug-likeness (QED) is 0.514. The number of nitrogens with zero attached hydrogens (tertiary/aromatic N) is 1. The van der Waals surface area contributed by atoms with Crippen LogP contribution in [-0.2, 0) is 0 Å². The van der Waals surface area contributed by atoms with Crippen molar-refractivity contribution in [2.75, 3.05) is 26.3 Å². The van der Waals surface area contributed by atoms with E-state index in [1.165, 1.54) is 0 Å². The van der Waals surface area contributed by atoms with Gasteiger partial charge in [0.1, 0.15) is 30.8 Å². The molecule has 0 radical (unpaired) electrons. The molecule has 0 saturated carbocycles. The number of ether oxygens (including phenoxy) is 2. The van der Waals surface area contributed by atoms with Gasteiger partial charge in [-0.25, -0.2) is 0 Å². The van der Waals surface area contributed by atoms with Crippen LogP contribution in [-0.4, -0.2) is 47.7 Å². The van der Waals surface area contributed by atoms with Gasteiger partial charge in [0, 0.05) is 18.8 Å². The number of aromatic amines is 1. The summed E-state index contributed by atoms with van der Waals surface area (Å²) in [5.74, 6) is 1.62. The van der Waals surface area contributed by atoms with Gasteiger partial charge in [0.2, 0.25) is 0 Å². The fourth-order valence-electron chi connectivity index (χ4n) is 2.77. The van der Waals surface area contributed by atoms with Crippen molar-refractivity contribution >= 4 is 10.9 Å². The first kappa shape index (κ1) is 18.2. The van der Waals surface area contributed by atoms with Gasteiger partial charge in [-0.15, -0.1) is 0 Å². The number of aliphatic hydroxyl groups is 1. The molecule has 0 bridgehead atoms. The van der Waals surface area contributed by atoms with Gasteiger partial charge in [-0.3, -0.25) is 5.10 Å². The maximum absolute atomic E-state index is 10.1. The van der Waals surface area contributed by atoms with Gasteiger partial charge in [-0.1, -0.05) is 24.3 Å². The molecule has 6 heteroatoms. The van der Waals surface area contributed by atoms with Gasteiger partial charge in [-0.05, 0) is 37.6 Å². The Bertz CT molecular complexity index is 847. The van der Waals surface area contributed by atoms with E-state index in [9.17, 15) is 5.11 Å². The number of nitrogens with one attached hydrogen (secondary N) is 2. The number of fused-ring (bicyclic) bond motifs is 1. The van der Waals surface area contributed by atoms with Crippen molar-refractivity contribution in [3.63, 3.8) is 0 Å². The smallest absolute Gasteiger partial charge is 0.130 e. The second-order valence-corrected chi connectivity index (χ2v) is 6.28. The number of rotatable bonds is 9. The summed E-state index contributed by atoms with van der Waals surface area (Å²) >= 11 is 0. The fourth-order valence-corrected chi connectivity index (χ4v) is 2.77. The summed E-state index contributed by atoms with van der Waals surface area (Å²) in [6, 6.07) is 13.6. The zero-order valence-electron chi connectivity index (χ0n) is 15.2. The minimum atomic E-state index is -0.601. The number of hydrogen-bond acceptors (Lipinski definition) is 5. The average molecular weight is 355 g/mol. The zero-order chi connectivity index (χ0) is 18.4. The largest absolute Gasteiger partial charge is 0.492 e. The number of aryl methyl sites for hydroxylation is 2. The average Bonchev–Trinajstić information content (AvgIpc) is 3.03. The van der Waals surface area contributed by atoms with Crippen molar-refractivity contribution in [2.45, 2.75) is 20.0 Å².